The lowest BCUT2D eigenvalue weighted by atomic mass is 10.1. The zero-order chi connectivity index (χ0) is 11.5. The van der Waals surface area contributed by atoms with Crippen LogP contribution in [-0.2, 0) is 4.74 Å². The van der Waals surface area contributed by atoms with E-state index >= 15 is 0 Å². The van der Waals surface area contributed by atoms with Gasteiger partial charge in [-0.25, -0.2) is 8.78 Å². The molecule has 2 N–H and O–H groups in total. The largest absolute Gasteiger partial charge is 0.372 e. The molecule has 0 aromatic heterocycles. The highest BCUT2D eigenvalue weighted by Gasteiger charge is 2.33. The lowest BCUT2D eigenvalue weighted by molar-refractivity contribution is 0.0422. The van der Waals surface area contributed by atoms with Gasteiger partial charge in [-0.2, -0.15) is 0 Å². The van der Waals surface area contributed by atoms with Gasteiger partial charge in [0.1, 0.15) is 0 Å². The van der Waals surface area contributed by atoms with Gasteiger partial charge >= 0.3 is 0 Å². The van der Waals surface area contributed by atoms with Crippen LogP contribution in [0.25, 0.3) is 0 Å². The average molecular weight is 227 g/mol. The smallest absolute Gasteiger partial charge is 0.159 e. The molecule has 1 fully saturated rings. The van der Waals surface area contributed by atoms with E-state index in [0.29, 0.717) is 24.6 Å². The first-order valence-corrected chi connectivity index (χ1v) is 5.49. The summed E-state index contributed by atoms with van der Waals surface area (Å²) in [5, 5.41) is 0. The van der Waals surface area contributed by atoms with Gasteiger partial charge < -0.3 is 10.5 Å². The van der Waals surface area contributed by atoms with E-state index in [-0.39, 0.29) is 6.10 Å². The molecule has 2 nitrogen and oxygen atoms in total. The first kappa shape index (κ1) is 11.5. The monoisotopic (exact) mass is 227 g/mol. The maximum Gasteiger partial charge on any atom is 0.159 e. The van der Waals surface area contributed by atoms with Gasteiger partial charge in [-0.05, 0) is 36.5 Å². The molecule has 0 spiro atoms. The Labute approximate surface area is 93.4 Å². The molecule has 1 aromatic rings. The number of benzene rings is 1. The molecule has 0 aliphatic heterocycles. The van der Waals surface area contributed by atoms with E-state index in [4.69, 9.17) is 10.5 Å². The Kier molecular flexibility index (Phi) is 3.51. The van der Waals surface area contributed by atoms with Crippen LogP contribution in [0, 0.1) is 17.6 Å². The minimum absolute atomic E-state index is 0.140. The second-order valence-electron chi connectivity index (χ2n) is 4.09. The molecule has 1 unspecified atom stereocenters. The molecule has 88 valence electrons. The minimum atomic E-state index is -0.822. The van der Waals surface area contributed by atoms with Crippen molar-refractivity contribution >= 4 is 0 Å². The van der Waals surface area contributed by atoms with Crippen molar-refractivity contribution in [1.82, 2.24) is 0 Å². The molecule has 0 bridgehead atoms. The molecule has 0 radical (unpaired) electrons. The zero-order valence-electron chi connectivity index (χ0n) is 8.96. The predicted molar refractivity (Wildman–Crippen MR) is 56.8 cm³/mol. The summed E-state index contributed by atoms with van der Waals surface area (Å²) in [6.07, 6.45) is 2.02. The van der Waals surface area contributed by atoms with Crippen molar-refractivity contribution in [3.05, 3.63) is 35.4 Å². The summed E-state index contributed by atoms with van der Waals surface area (Å²) < 4.78 is 31.5. The lowest BCUT2D eigenvalue weighted by Gasteiger charge is -2.17. The summed E-state index contributed by atoms with van der Waals surface area (Å²) in [5.74, 6) is -1.21. The molecular formula is C12H15F2NO. The Morgan fingerprint density at radius 3 is 2.62 bits per heavy atom. The van der Waals surface area contributed by atoms with Crippen LogP contribution in [0.5, 0.6) is 0 Å². The number of halogens is 2. The second-order valence-corrected chi connectivity index (χ2v) is 4.09. The highest BCUT2D eigenvalue weighted by atomic mass is 19.2. The van der Waals surface area contributed by atoms with Gasteiger partial charge in [0.15, 0.2) is 11.6 Å². The predicted octanol–water partition coefficient (Wildman–Crippen LogP) is 2.39. The number of ether oxygens (including phenoxy) is 1. The molecule has 1 aromatic carbocycles. The number of rotatable bonds is 5. The minimum Gasteiger partial charge on any atom is -0.372 e. The summed E-state index contributed by atoms with van der Waals surface area (Å²) in [4.78, 5) is 0. The van der Waals surface area contributed by atoms with Crippen molar-refractivity contribution < 1.29 is 13.5 Å². The Morgan fingerprint density at radius 2 is 2.06 bits per heavy atom. The molecule has 1 saturated carbocycles. The van der Waals surface area contributed by atoms with Crippen molar-refractivity contribution in [2.24, 2.45) is 11.7 Å². The molecule has 1 aliphatic rings. The number of hydrogen-bond acceptors (Lipinski definition) is 2. The van der Waals surface area contributed by atoms with Gasteiger partial charge in [-0.3, -0.25) is 0 Å². The zero-order valence-corrected chi connectivity index (χ0v) is 8.96. The van der Waals surface area contributed by atoms with Crippen LogP contribution in [0.1, 0.15) is 24.5 Å². The molecular weight excluding hydrogens is 212 g/mol. The van der Waals surface area contributed by atoms with E-state index in [1.54, 1.807) is 6.07 Å². The third-order valence-electron chi connectivity index (χ3n) is 2.74. The Hall–Kier alpha value is -1.00. The molecule has 0 amide bonds. The molecule has 4 heteroatoms. The van der Waals surface area contributed by atoms with Crippen molar-refractivity contribution in [2.75, 3.05) is 13.2 Å². The third kappa shape index (κ3) is 2.57. The van der Waals surface area contributed by atoms with Gasteiger partial charge in [0.05, 0.1) is 12.7 Å². The number of hydrogen-bond donors (Lipinski definition) is 1. The fourth-order valence-electron chi connectivity index (χ4n) is 1.79. The Balaban J connectivity index is 2.14. The van der Waals surface area contributed by atoms with Crippen molar-refractivity contribution in [1.29, 1.82) is 0 Å². The van der Waals surface area contributed by atoms with Gasteiger partial charge in [0.2, 0.25) is 0 Å². The van der Waals surface area contributed by atoms with E-state index < -0.39 is 11.6 Å². The fourth-order valence-corrected chi connectivity index (χ4v) is 1.79. The summed E-state index contributed by atoms with van der Waals surface area (Å²) >= 11 is 0. The van der Waals surface area contributed by atoms with E-state index in [0.717, 1.165) is 18.9 Å². The first-order valence-electron chi connectivity index (χ1n) is 5.49. The van der Waals surface area contributed by atoms with Crippen LogP contribution in [0.2, 0.25) is 0 Å². The highest BCUT2D eigenvalue weighted by Crippen LogP contribution is 2.43. The van der Waals surface area contributed by atoms with E-state index in [2.05, 4.69) is 0 Å². The topological polar surface area (TPSA) is 35.2 Å². The van der Waals surface area contributed by atoms with Gasteiger partial charge in [-0.1, -0.05) is 6.07 Å². The van der Waals surface area contributed by atoms with Crippen LogP contribution in [0.4, 0.5) is 8.78 Å². The van der Waals surface area contributed by atoms with Gasteiger partial charge in [0, 0.05) is 6.54 Å². The lowest BCUT2D eigenvalue weighted by Crippen LogP contribution is -2.14. The molecule has 16 heavy (non-hydrogen) atoms. The summed E-state index contributed by atoms with van der Waals surface area (Å²) in [6.45, 7) is 0.882. The quantitative estimate of drug-likeness (QED) is 0.838. The molecule has 1 atom stereocenters. The number of nitrogens with two attached hydrogens (primary N) is 1. The van der Waals surface area contributed by atoms with Crippen molar-refractivity contribution in [2.45, 2.75) is 18.9 Å². The maximum absolute atomic E-state index is 13.1. The van der Waals surface area contributed by atoms with Crippen molar-refractivity contribution in [3.63, 3.8) is 0 Å². The van der Waals surface area contributed by atoms with Crippen molar-refractivity contribution in [3.8, 4) is 0 Å². The van der Waals surface area contributed by atoms with Crippen LogP contribution >= 0.6 is 0 Å². The normalized spacial score (nSPS) is 17.4. The van der Waals surface area contributed by atoms with Crippen LogP contribution in [0.3, 0.4) is 0 Å². The fraction of sp³-hybridized carbons (Fsp3) is 0.500. The highest BCUT2D eigenvalue weighted by molar-refractivity contribution is 5.22. The Bertz CT molecular complexity index is 366. The SMILES string of the molecule is NCCOC(c1ccc(F)c(F)c1)C1CC1. The van der Waals surface area contributed by atoms with Gasteiger partial charge in [0.25, 0.3) is 0 Å². The third-order valence-corrected chi connectivity index (χ3v) is 2.74. The molecule has 0 saturated heterocycles. The van der Waals surface area contributed by atoms with E-state index in [1.807, 2.05) is 0 Å². The molecule has 1 aliphatic carbocycles. The summed E-state index contributed by atoms with van der Waals surface area (Å²) in [5.41, 5.74) is 6.07. The standard InChI is InChI=1S/C12H15F2NO/c13-10-4-3-9(7-11(10)14)12(8-1-2-8)16-6-5-15/h3-4,7-8,12H,1-2,5-6,15H2. The van der Waals surface area contributed by atoms with E-state index in [1.165, 1.54) is 6.07 Å². The summed E-state index contributed by atoms with van der Waals surface area (Å²) in [7, 11) is 0. The van der Waals surface area contributed by atoms with E-state index in [9.17, 15) is 8.78 Å². The average Bonchev–Trinajstić information content (AvgIpc) is 3.08. The summed E-state index contributed by atoms with van der Waals surface area (Å²) in [6, 6.07) is 3.94. The molecule has 0 heterocycles. The maximum atomic E-state index is 13.1. The van der Waals surface area contributed by atoms with Crippen LogP contribution in [-0.4, -0.2) is 13.2 Å². The van der Waals surface area contributed by atoms with Crippen LogP contribution in [0.15, 0.2) is 18.2 Å². The van der Waals surface area contributed by atoms with Crippen LogP contribution < -0.4 is 5.73 Å². The Morgan fingerprint density at radius 1 is 1.31 bits per heavy atom. The molecule has 2 rings (SSSR count). The van der Waals surface area contributed by atoms with Gasteiger partial charge in [-0.15, -0.1) is 0 Å². The first-order chi connectivity index (χ1) is 7.72. The second kappa shape index (κ2) is 4.89.